The van der Waals surface area contributed by atoms with Gasteiger partial charge < -0.3 is 5.32 Å². The molecule has 1 aliphatic rings. The van der Waals surface area contributed by atoms with E-state index in [1.807, 2.05) is 12.1 Å². The minimum Gasteiger partial charge on any atom is -0.316 e. The summed E-state index contributed by atoms with van der Waals surface area (Å²) in [5, 5.41) is 4.77. The highest BCUT2D eigenvalue weighted by Gasteiger charge is 2.25. The maximum absolute atomic E-state index is 6.08. The third kappa shape index (κ3) is 2.53. The highest BCUT2D eigenvalue weighted by Crippen LogP contribution is 2.35. The van der Waals surface area contributed by atoms with Crippen molar-refractivity contribution in [3.63, 3.8) is 0 Å². The van der Waals surface area contributed by atoms with Gasteiger partial charge in [-0.2, -0.15) is 0 Å². The van der Waals surface area contributed by atoms with E-state index in [9.17, 15) is 0 Å². The second-order valence-corrected chi connectivity index (χ2v) is 5.26. The van der Waals surface area contributed by atoms with Gasteiger partial charge >= 0.3 is 0 Å². The Morgan fingerprint density at radius 1 is 1.31 bits per heavy atom. The maximum Gasteiger partial charge on any atom is 0.0595 e. The van der Waals surface area contributed by atoms with Crippen LogP contribution in [-0.4, -0.2) is 13.1 Å². The Bertz CT molecular complexity index is 365. The van der Waals surface area contributed by atoms with E-state index >= 15 is 0 Å². The van der Waals surface area contributed by atoms with Crippen molar-refractivity contribution in [2.24, 2.45) is 5.92 Å². The van der Waals surface area contributed by atoms with Crippen molar-refractivity contribution in [3.8, 4) is 0 Å². The lowest BCUT2D eigenvalue weighted by atomic mass is 9.80. The molecule has 2 rings (SSSR count). The zero-order valence-electron chi connectivity index (χ0n) is 9.47. The first kappa shape index (κ1) is 12.2. The minimum absolute atomic E-state index is 0.626. The molecule has 1 aromatic carbocycles. The summed E-state index contributed by atoms with van der Waals surface area (Å²) in [5.41, 5.74) is 1.34. The predicted octanol–water partition coefficient (Wildman–Crippen LogP) is 4.10. The Labute approximate surface area is 107 Å². The van der Waals surface area contributed by atoms with Gasteiger partial charge in [0.05, 0.1) is 10.0 Å². The van der Waals surface area contributed by atoms with Gasteiger partial charge in [0.25, 0.3) is 0 Å². The normalized spacial score (nSPS) is 25.7. The fraction of sp³-hybridized carbons (Fsp3) is 0.538. The summed E-state index contributed by atoms with van der Waals surface area (Å²) in [5.74, 6) is 1.34. The van der Waals surface area contributed by atoms with Crippen molar-refractivity contribution in [1.29, 1.82) is 0 Å². The molecule has 0 spiro atoms. The van der Waals surface area contributed by atoms with Crippen molar-refractivity contribution >= 4 is 23.2 Å². The Balaban J connectivity index is 2.23. The Morgan fingerprint density at radius 3 is 2.81 bits per heavy atom. The third-order valence-electron chi connectivity index (χ3n) is 3.50. The van der Waals surface area contributed by atoms with Crippen LogP contribution in [0, 0.1) is 5.92 Å². The molecule has 0 radical (unpaired) electrons. The third-order valence-corrected chi connectivity index (χ3v) is 4.24. The van der Waals surface area contributed by atoms with Crippen molar-refractivity contribution in [3.05, 3.63) is 33.8 Å². The summed E-state index contributed by atoms with van der Waals surface area (Å²) in [6.07, 6.45) is 2.40. The van der Waals surface area contributed by atoms with E-state index in [-0.39, 0.29) is 0 Å². The highest BCUT2D eigenvalue weighted by molar-refractivity contribution is 6.42. The molecule has 1 aromatic rings. The van der Waals surface area contributed by atoms with E-state index in [1.165, 1.54) is 18.4 Å². The second-order valence-electron chi connectivity index (χ2n) is 4.44. The zero-order chi connectivity index (χ0) is 11.5. The SMILES string of the molecule is CCC1CNCCC1c1ccc(Cl)c(Cl)c1. The fourth-order valence-corrected chi connectivity index (χ4v) is 2.84. The van der Waals surface area contributed by atoms with Crippen LogP contribution < -0.4 is 5.32 Å². The number of nitrogens with one attached hydrogen (secondary N) is 1. The summed E-state index contributed by atoms with van der Waals surface area (Å²) in [4.78, 5) is 0. The van der Waals surface area contributed by atoms with Crippen molar-refractivity contribution in [1.82, 2.24) is 5.32 Å². The van der Waals surface area contributed by atoms with Crippen molar-refractivity contribution in [2.45, 2.75) is 25.7 Å². The molecule has 1 heterocycles. The van der Waals surface area contributed by atoms with Crippen LogP contribution in [0.5, 0.6) is 0 Å². The summed E-state index contributed by atoms with van der Waals surface area (Å²) >= 11 is 12.0. The Kier molecular flexibility index (Phi) is 4.12. The summed E-state index contributed by atoms with van der Waals surface area (Å²) in [6, 6.07) is 6.06. The lowest BCUT2D eigenvalue weighted by Gasteiger charge is -2.32. The molecule has 1 nitrogen and oxygen atoms in total. The molecular formula is C13H17Cl2N. The van der Waals surface area contributed by atoms with E-state index in [2.05, 4.69) is 18.3 Å². The lowest BCUT2D eigenvalue weighted by molar-refractivity contribution is 0.318. The van der Waals surface area contributed by atoms with E-state index in [4.69, 9.17) is 23.2 Å². The van der Waals surface area contributed by atoms with Crippen molar-refractivity contribution in [2.75, 3.05) is 13.1 Å². The van der Waals surface area contributed by atoms with Crippen LogP contribution in [0.25, 0.3) is 0 Å². The van der Waals surface area contributed by atoms with Gasteiger partial charge in [0, 0.05) is 0 Å². The number of hydrogen-bond acceptors (Lipinski definition) is 1. The first-order valence-corrected chi connectivity index (χ1v) is 6.63. The molecule has 0 aromatic heterocycles. The first-order valence-electron chi connectivity index (χ1n) is 5.88. The van der Waals surface area contributed by atoms with Gasteiger partial charge in [-0.3, -0.25) is 0 Å². The number of hydrogen-bond donors (Lipinski definition) is 1. The summed E-state index contributed by atoms with van der Waals surface area (Å²) < 4.78 is 0. The molecule has 1 aliphatic heterocycles. The molecule has 2 atom stereocenters. The topological polar surface area (TPSA) is 12.0 Å². The van der Waals surface area contributed by atoms with Crippen LogP contribution in [0.15, 0.2) is 18.2 Å². The average Bonchev–Trinajstić information content (AvgIpc) is 2.32. The zero-order valence-corrected chi connectivity index (χ0v) is 11.0. The quantitative estimate of drug-likeness (QED) is 0.842. The molecule has 88 valence electrons. The number of benzene rings is 1. The second kappa shape index (κ2) is 5.39. The minimum atomic E-state index is 0.626. The van der Waals surface area contributed by atoms with Crippen LogP contribution in [0.4, 0.5) is 0 Å². The van der Waals surface area contributed by atoms with Gasteiger partial charge in [-0.15, -0.1) is 0 Å². The molecule has 3 heteroatoms. The Hall–Kier alpha value is -0.240. The van der Waals surface area contributed by atoms with Gasteiger partial charge in [-0.1, -0.05) is 42.6 Å². The van der Waals surface area contributed by atoms with Gasteiger partial charge in [0.2, 0.25) is 0 Å². The molecular weight excluding hydrogens is 241 g/mol. The summed E-state index contributed by atoms with van der Waals surface area (Å²) in [6.45, 7) is 4.46. The highest BCUT2D eigenvalue weighted by atomic mass is 35.5. The predicted molar refractivity (Wildman–Crippen MR) is 70.5 cm³/mol. The standard InChI is InChI=1S/C13H17Cl2N/c1-2-9-8-16-6-5-11(9)10-3-4-12(14)13(15)7-10/h3-4,7,9,11,16H,2,5-6,8H2,1H3. The monoisotopic (exact) mass is 257 g/mol. The van der Waals surface area contributed by atoms with Gasteiger partial charge in [-0.25, -0.2) is 0 Å². The first-order chi connectivity index (χ1) is 7.72. The molecule has 0 bridgehead atoms. The van der Waals surface area contributed by atoms with E-state index < -0.39 is 0 Å². The molecule has 1 N–H and O–H groups in total. The number of rotatable bonds is 2. The largest absolute Gasteiger partial charge is 0.316 e. The van der Waals surface area contributed by atoms with Crippen LogP contribution in [0.1, 0.15) is 31.2 Å². The molecule has 1 saturated heterocycles. The van der Waals surface area contributed by atoms with Crippen LogP contribution in [-0.2, 0) is 0 Å². The molecule has 0 saturated carbocycles. The molecule has 0 aliphatic carbocycles. The van der Waals surface area contributed by atoms with E-state index in [0.29, 0.717) is 21.9 Å². The molecule has 1 fully saturated rings. The molecule has 16 heavy (non-hydrogen) atoms. The molecule has 2 unspecified atom stereocenters. The van der Waals surface area contributed by atoms with Crippen LogP contribution in [0.2, 0.25) is 10.0 Å². The van der Waals surface area contributed by atoms with Gasteiger partial charge in [-0.05, 0) is 49.0 Å². The lowest BCUT2D eigenvalue weighted by Crippen LogP contribution is -2.35. The van der Waals surface area contributed by atoms with E-state index in [0.717, 1.165) is 13.1 Å². The summed E-state index contributed by atoms with van der Waals surface area (Å²) in [7, 11) is 0. The maximum atomic E-state index is 6.08. The average molecular weight is 258 g/mol. The van der Waals surface area contributed by atoms with Gasteiger partial charge in [0.1, 0.15) is 0 Å². The number of halogens is 2. The van der Waals surface area contributed by atoms with Crippen LogP contribution in [0.3, 0.4) is 0 Å². The smallest absolute Gasteiger partial charge is 0.0595 e. The molecule has 0 amide bonds. The number of piperidine rings is 1. The van der Waals surface area contributed by atoms with Gasteiger partial charge in [0.15, 0.2) is 0 Å². The fourth-order valence-electron chi connectivity index (χ4n) is 2.53. The van der Waals surface area contributed by atoms with E-state index in [1.54, 1.807) is 0 Å². The Morgan fingerprint density at radius 2 is 2.12 bits per heavy atom. The van der Waals surface area contributed by atoms with Crippen molar-refractivity contribution < 1.29 is 0 Å². The van der Waals surface area contributed by atoms with Crippen LogP contribution >= 0.6 is 23.2 Å².